The lowest BCUT2D eigenvalue weighted by Crippen LogP contribution is -2.50. The van der Waals surface area contributed by atoms with E-state index in [1.165, 1.54) is 6.20 Å². The molecule has 4 aromatic rings. The first kappa shape index (κ1) is 21.8. The van der Waals surface area contributed by atoms with Crippen LogP contribution in [0, 0.1) is 0 Å². The lowest BCUT2D eigenvalue weighted by atomic mass is 9.89. The number of aliphatic hydroxyl groups excluding tert-OH is 1. The number of rotatable bonds is 6. The van der Waals surface area contributed by atoms with Crippen LogP contribution in [0.25, 0.3) is 22.7 Å². The van der Waals surface area contributed by atoms with Crippen molar-refractivity contribution in [3.05, 3.63) is 42.4 Å². The highest BCUT2D eigenvalue weighted by atomic mass is 16.5. The number of hydrogen-bond acceptors (Lipinski definition) is 8. The van der Waals surface area contributed by atoms with Gasteiger partial charge in [0, 0.05) is 45.7 Å². The lowest BCUT2D eigenvalue weighted by Gasteiger charge is -2.32. The SMILES string of the molecule is CNc1cc(-c2ccc(N3CC[C@H](OC)C3)c3nccn23)nc2c(C(=O)N[C@H]3CC[C@H]3O)cnn12. The van der Waals surface area contributed by atoms with Crippen LogP contribution in [0.1, 0.15) is 29.6 Å². The van der Waals surface area contributed by atoms with Gasteiger partial charge in [0.25, 0.3) is 5.91 Å². The maximum atomic E-state index is 13.0. The number of carbonyl (C=O) groups is 1. The van der Waals surface area contributed by atoms with Crippen LogP contribution in [-0.4, -0.2) is 80.5 Å². The van der Waals surface area contributed by atoms with Crippen molar-refractivity contribution in [3.63, 3.8) is 0 Å². The van der Waals surface area contributed by atoms with Crippen molar-refractivity contribution in [2.45, 2.75) is 37.5 Å². The first-order chi connectivity index (χ1) is 17.1. The number of pyridine rings is 1. The number of imidazole rings is 1. The number of amides is 1. The molecule has 0 radical (unpaired) electrons. The molecule has 1 aliphatic heterocycles. The average Bonchev–Trinajstić information content (AvgIpc) is 3.64. The van der Waals surface area contributed by atoms with Crippen LogP contribution in [0.2, 0.25) is 0 Å². The lowest BCUT2D eigenvalue weighted by molar-refractivity contribution is 0.0448. The zero-order chi connectivity index (χ0) is 24.1. The molecule has 1 saturated carbocycles. The summed E-state index contributed by atoms with van der Waals surface area (Å²) >= 11 is 0. The number of methoxy groups -OCH3 is 1. The number of anilines is 2. The minimum Gasteiger partial charge on any atom is -0.391 e. The maximum Gasteiger partial charge on any atom is 0.257 e. The van der Waals surface area contributed by atoms with E-state index >= 15 is 0 Å². The van der Waals surface area contributed by atoms with Crippen LogP contribution in [0.15, 0.2) is 36.8 Å². The summed E-state index contributed by atoms with van der Waals surface area (Å²) in [5.41, 5.74) is 4.24. The number of fused-ring (bicyclic) bond motifs is 2. The van der Waals surface area contributed by atoms with E-state index in [9.17, 15) is 9.90 Å². The molecule has 1 saturated heterocycles. The molecule has 3 atom stereocenters. The molecular formula is C24H28N8O3. The van der Waals surface area contributed by atoms with E-state index in [1.807, 2.05) is 22.7 Å². The molecule has 11 heteroatoms. The average molecular weight is 477 g/mol. The Morgan fingerprint density at radius 1 is 1.23 bits per heavy atom. The first-order valence-corrected chi connectivity index (χ1v) is 11.9. The van der Waals surface area contributed by atoms with Gasteiger partial charge in [0.05, 0.1) is 41.5 Å². The second-order valence-corrected chi connectivity index (χ2v) is 9.11. The standard InChI is InChI=1S/C24H28N8O3/c1-25-21-11-17(28-22-15(12-27-32(21)22)24(34)29-16-3-6-20(16)33)18-4-5-19(23-26-8-10-31(18)23)30-9-7-14(13-30)35-2/h4-5,8,10-12,14,16,20,25,33H,3,6-7,9,13H2,1-2H3,(H,29,34)/t14-,16-,20+/m0/s1. The van der Waals surface area contributed by atoms with Gasteiger partial charge >= 0.3 is 0 Å². The van der Waals surface area contributed by atoms with Gasteiger partial charge in [-0.15, -0.1) is 0 Å². The molecule has 4 aromatic heterocycles. The molecule has 0 unspecified atom stereocenters. The molecule has 1 amide bonds. The van der Waals surface area contributed by atoms with Crippen LogP contribution >= 0.6 is 0 Å². The van der Waals surface area contributed by atoms with Crippen molar-refractivity contribution in [1.29, 1.82) is 0 Å². The zero-order valence-electron chi connectivity index (χ0n) is 19.7. The molecule has 2 fully saturated rings. The highest BCUT2D eigenvalue weighted by Gasteiger charge is 2.31. The number of ether oxygens (including phenoxy) is 1. The number of nitrogens with zero attached hydrogens (tertiary/aromatic N) is 6. The zero-order valence-corrected chi connectivity index (χ0v) is 19.7. The van der Waals surface area contributed by atoms with Crippen LogP contribution in [0.5, 0.6) is 0 Å². The largest absolute Gasteiger partial charge is 0.391 e. The summed E-state index contributed by atoms with van der Waals surface area (Å²) < 4.78 is 9.18. The van der Waals surface area contributed by atoms with Crippen molar-refractivity contribution in [2.75, 3.05) is 37.5 Å². The van der Waals surface area contributed by atoms with E-state index in [4.69, 9.17) is 9.72 Å². The monoisotopic (exact) mass is 476 g/mol. The summed E-state index contributed by atoms with van der Waals surface area (Å²) in [6.07, 6.45) is 7.39. The third kappa shape index (κ3) is 3.58. The molecule has 2 aliphatic rings. The van der Waals surface area contributed by atoms with E-state index in [-0.39, 0.29) is 18.1 Å². The van der Waals surface area contributed by atoms with Crippen LogP contribution in [0.4, 0.5) is 11.5 Å². The highest BCUT2D eigenvalue weighted by Crippen LogP contribution is 2.31. The fourth-order valence-corrected chi connectivity index (χ4v) is 4.92. The van der Waals surface area contributed by atoms with Crippen molar-refractivity contribution in [3.8, 4) is 11.4 Å². The molecule has 0 bridgehead atoms. The van der Waals surface area contributed by atoms with Gasteiger partial charge in [-0.25, -0.2) is 9.97 Å². The third-order valence-electron chi connectivity index (χ3n) is 7.14. The van der Waals surface area contributed by atoms with Crippen molar-refractivity contribution in [1.82, 2.24) is 29.3 Å². The molecule has 0 spiro atoms. The van der Waals surface area contributed by atoms with Gasteiger partial charge in [0.1, 0.15) is 11.4 Å². The van der Waals surface area contributed by atoms with Gasteiger partial charge in [0.15, 0.2) is 11.3 Å². The Bertz CT molecular complexity index is 1410. The molecule has 182 valence electrons. The van der Waals surface area contributed by atoms with Crippen molar-refractivity contribution < 1.29 is 14.6 Å². The quantitative estimate of drug-likeness (QED) is 0.383. The Hall–Kier alpha value is -3.70. The predicted octanol–water partition coefficient (Wildman–Crippen LogP) is 1.56. The minimum absolute atomic E-state index is 0.222. The molecule has 1 aliphatic carbocycles. The Morgan fingerprint density at radius 2 is 2.11 bits per heavy atom. The van der Waals surface area contributed by atoms with E-state index in [0.717, 1.165) is 43.0 Å². The van der Waals surface area contributed by atoms with Crippen LogP contribution in [0.3, 0.4) is 0 Å². The van der Waals surface area contributed by atoms with Gasteiger partial charge in [-0.05, 0) is 31.4 Å². The fourth-order valence-electron chi connectivity index (χ4n) is 4.92. The second kappa shape index (κ2) is 8.51. The normalized spacial score (nSPS) is 22.0. The van der Waals surface area contributed by atoms with Crippen molar-refractivity contribution in [2.24, 2.45) is 0 Å². The Morgan fingerprint density at radius 3 is 2.83 bits per heavy atom. The molecule has 3 N–H and O–H groups in total. The van der Waals surface area contributed by atoms with Crippen LogP contribution < -0.4 is 15.5 Å². The van der Waals surface area contributed by atoms with Gasteiger partial charge in [-0.3, -0.25) is 9.20 Å². The topological polar surface area (TPSA) is 121 Å². The summed E-state index contributed by atoms with van der Waals surface area (Å²) in [6, 6.07) is 5.78. The summed E-state index contributed by atoms with van der Waals surface area (Å²) in [5.74, 6) is 0.410. The smallest absolute Gasteiger partial charge is 0.257 e. The number of nitrogens with one attached hydrogen (secondary N) is 2. The number of carbonyl (C=O) groups excluding carboxylic acids is 1. The van der Waals surface area contributed by atoms with Gasteiger partial charge in [-0.2, -0.15) is 9.61 Å². The minimum atomic E-state index is -0.500. The summed E-state index contributed by atoms with van der Waals surface area (Å²) in [6.45, 7) is 1.74. The maximum absolute atomic E-state index is 13.0. The summed E-state index contributed by atoms with van der Waals surface area (Å²) in [4.78, 5) is 24.7. The fraction of sp³-hybridized carbons (Fsp3) is 0.417. The summed E-state index contributed by atoms with van der Waals surface area (Å²) in [7, 11) is 3.56. The first-order valence-electron chi connectivity index (χ1n) is 11.9. The van der Waals surface area contributed by atoms with Crippen LogP contribution in [-0.2, 0) is 4.74 Å². The molecule has 11 nitrogen and oxygen atoms in total. The van der Waals surface area contributed by atoms with E-state index in [0.29, 0.717) is 29.1 Å². The van der Waals surface area contributed by atoms with Gasteiger partial charge in [-0.1, -0.05) is 0 Å². The van der Waals surface area contributed by atoms with E-state index < -0.39 is 6.10 Å². The molecule has 0 aromatic carbocycles. The molecule has 35 heavy (non-hydrogen) atoms. The predicted molar refractivity (Wildman–Crippen MR) is 131 cm³/mol. The third-order valence-corrected chi connectivity index (χ3v) is 7.14. The highest BCUT2D eigenvalue weighted by molar-refractivity contribution is 6.00. The number of hydrogen-bond donors (Lipinski definition) is 3. The number of aliphatic hydroxyl groups is 1. The molecular weight excluding hydrogens is 448 g/mol. The van der Waals surface area contributed by atoms with E-state index in [1.54, 1.807) is 24.9 Å². The molecule has 5 heterocycles. The molecule has 6 rings (SSSR count). The van der Waals surface area contributed by atoms with Crippen molar-refractivity contribution >= 4 is 28.7 Å². The van der Waals surface area contributed by atoms with E-state index in [2.05, 4.69) is 31.7 Å². The Labute approximate surface area is 201 Å². The van der Waals surface area contributed by atoms with Gasteiger partial charge < -0.3 is 25.4 Å². The van der Waals surface area contributed by atoms with Gasteiger partial charge in [0.2, 0.25) is 0 Å². The number of aromatic nitrogens is 5. The second-order valence-electron chi connectivity index (χ2n) is 9.11. The Kier molecular flexibility index (Phi) is 5.30. The summed E-state index contributed by atoms with van der Waals surface area (Å²) in [5, 5.41) is 20.3. The Balaban J connectivity index is 1.41.